The molecule has 0 heterocycles. The van der Waals surface area contributed by atoms with Crippen LogP contribution in [0.25, 0.3) is 0 Å². The first-order chi connectivity index (χ1) is 31.5. The van der Waals surface area contributed by atoms with Crippen LogP contribution in [0.4, 0.5) is 0 Å². The minimum atomic E-state index is -0.829. The van der Waals surface area contributed by atoms with E-state index in [4.69, 9.17) is 14.2 Å². The predicted molar refractivity (Wildman–Crippen MR) is 274 cm³/mol. The maximum absolute atomic E-state index is 12.8. The monoisotopic (exact) mass is 887 g/mol. The molecule has 0 spiro atoms. The summed E-state index contributed by atoms with van der Waals surface area (Å²) in [5.74, 6) is -1.04. The Morgan fingerprint density at radius 2 is 0.625 bits per heavy atom. The van der Waals surface area contributed by atoms with Crippen LogP contribution < -0.4 is 0 Å². The molecule has 0 aliphatic rings. The summed E-state index contributed by atoms with van der Waals surface area (Å²) in [6.07, 6.45) is 69.4. The average molecular weight is 887 g/mol. The van der Waals surface area contributed by atoms with E-state index < -0.39 is 6.10 Å². The lowest BCUT2D eigenvalue weighted by Crippen LogP contribution is -2.30. The Kier molecular flexibility index (Phi) is 48.5. The summed E-state index contributed by atoms with van der Waals surface area (Å²) < 4.78 is 16.7. The van der Waals surface area contributed by atoms with Gasteiger partial charge in [0.2, 0.25) is 0 Å². The zero-order valence-electron chi connectivity index (χ0n) is 41.3. The van der Waals surface area contributed by atoms with E-state index in [9.17, 15) is 14.4 Å². The number of allylic oxidation sites excluding steroid dienone is 18. The van der Waals surface area contributed by atoms with Crippen LogP contribution in [0.3, 0.4) is 0 Å². The van der Waals surface area contributed by atoms with E-state index in [1.165, 1.54) is 83.5 Å². The van der Waals surface area contributed by atoms with E-state index in [0.717, 1.165) is 83.5 Å². The molecule has 0 fully saturated rings. The molecule has 0 aliphatic heterocycles. The third kappa shape index (κ3) is 49.1. The third-order valence-electron chi connectivity index (χ3n) is 10.5. The van der Waals surface area contributed by atoms with Crippen molar-refractivity contribution in [3.05, 3.63) is 109 Å². The second-order valence-corrected chi connectivity index (χ2v) is 16.7. The molecule has 0 aromatic carbocycles. The molecular weight excluding hydrogens is 793 g/mol. The van der Waals surface area contributed by atoms with Gasteiger partial charge in [-0.1, -0.05) is 214 Å². The average Bonchev–Trinajstić information content (AvgIpc) is 3.29. The van der Waals surface area contributed by atoms with Crippen LogP contribution in [0.1, 0.15) is 220 Å². The molecule has 0 amide bonds. The van der Waals surface area contributed by atoms with Gasteiger partial charge in [0, 0.05) is 19.3 Å². The number of carbonyl (C=O) groups is 3. The summed E-state index contributed by atoms with van der Waals surface area (Å²) in [5, 5.41) is 0. The van der Waals surface area contributed by atoms with Gasteiger partial charge in [-0.2, -0.15) is 0 Å². The molecule has 0 aromatic rings. The molecule has 0 rings (SSSR count). The first-order valence-corrected chi connectivity index (χ1v) is 25.9. The zero-order chi connectivity index (χ0) is 46.5. The molecule has 0 saturated carbocycles. The smallest absolute Gasteiger partial charge is 0.306 e. The Bertz CT molecular complexity index is 1340. The molecule has 1 atom stereocenters. The van der Waals surface area contributed by atoms with Gasteiger partial charge in [0.25, 0.3) is 0 Å². The van der Waals surface area contributed by atoms with E-state index in [-0.39, 0.29) is 44.0 Å². The highest BCUT2D eigenvalue weighted by molar-refractivity contribution is 5.71. The number of ether oxygens (including phenoxy) is 3. The van der Waals surface area contributed by atoms with Gasteiger partial charge in [-0.25, -0.2) is 0 Å². The summed E-state index contributed by atoms with van der Waals surface area (Å²) >= 11 is 0. The highest BCUT2D eigenvalue weighted by Crippen LogP contribution is 2.13. The number of carbonyl (C=O) groups excluding carboxylic acids is 3. The van der Waals surface area contributed by atoms with E-state index in [1.54, 1.807) is 0 Å². The Morgan fingerprint density at radius 1 is 0.328 bits per heavy atom. The lowest BCUT2D eigenvalue weighted by atomic mass is 10.0. The van der Waals surface area contributed by atoms with E-state index in [0.29, 0.717) is 19.3 Å². The van der Waals surface area contributed by atoms with Crippen LogP contribution in [0.15, 0.2) is 109 Å². The van der Waals surface area contributed by atoms with Crippen molar-refractivity contribution in [2.75, 3.05) is 13.2 Å². The molecule has 6 nitrogen and oxygen atoms in total. The molecule has 0 N–H and O–H groups in total. The Balaban J connectivity index is 4.58. The lowest BCUT2D eigenvalue weighted by molar-refractivity contribution is -0.167. The van der Waals surface area contributed by atoms with Gasteiger partial charge in [0.15, 0.2) is 6.10 Å². The molecule has 64 heavy (non-hydrogen) atoms. The van der Waals surface area contributed by atoms with Gasteiger partial charge in [-0.3, -0.25) is 14.4 Å². The van der Waals surface area contributed by atoms with Crippen LogP contribution in [-0.4, -0.2) is 37.2 Å². The highest BCUT2D eigenvalue weighted by atomic mass is 16.6. The van der Waals surface area contributed by atoms with Crippen molar-refractivity contribution in [1.29, 1.82) is 0 Å². The minimum Gasteiger partial charge on any atom is -0.462 e. The molecule has 0 aliphatic carbocycles. The van der Waals surface area contributed by atoms with E-state index in [2.05, 4.69) is 130 Å². The van der Waals surface area contributed by atoms with Crippen molar-refractivity contribution in [1.82, 2.24) is 0 Å². The van der Waals surface area contributed by atoms with Crippen molar-refractivity contribution < 1.29 is 28.6 Å². The van der Waals surface area contributed by atoms with Crippen molar-refractivity contribution >= 4 is 17.9 Å². The Morgan fingerprint density at radius 3 is 1.02 bits per heavy atom. The molecule has 362 valence electrons. The molecule has 0 unspecified atom stereocenters. The summed E-state index contributed by atoms with van der Waals surface area (Å²) in [6.45, 7) is 6.38. The molecular formula is C58H94O6. The summed E-state index contributed by atoms with van der Waals surface area (Å²) in [6, 6.07) is 0. The van der Waals surface area contributed by atoms with Gasteiger partial charge in [0.1, 0.15) is 13.2 Å². The lowest BCUT2D eigenvalue weighted by Gasteiger charge is -2.18. The van der Waals surface area contributed by atoms with Gasteiger partial charge < -0.3 is 14.2 Å². The van der Waals surface area contributed by atoms with E-state index >= 15 is 0 Å². The van der Waals surface area contributed by atoms with Crippen LogP contribution in [0.2, 0.25) is 0 Å². The molecule has 0 aromatic heterocycles. The third-order valence-corrected chi connectivity index (χ3v) is 10.5. The van der Waals surface area contributed by atoms with Gasteiger partial charge in [0.05, 0.1) is 0 Å². The van der Waals surface area contributed by atoms with Gasteiger partial charge in [-0.15, -0.1) is 0 Å². The number of hydrogen-bond donors (Lipinski definition) is 0. The normalized spacial score (nSPS) is 13.0. The van der Waals surface area contributed by atoms with Crippen LogP contribution in [0.5, 0.6) is 0 Å². The molecule has 0 saturated heterocycles. The predicted octanol–water partition coefficient (Wildman–Crippen LogP) is 17.1. The first kappa shape index (κ1) is 60.1. The number of rotatable bonds is 45. The Hall–Kier alpha value is -3.93. The van der Waals surface area contributed by atoms with Crippen LogP contribution >= 0.6 is 0 Å². The van der Waals surface area contributed by atoms with E-state index in [1.807, 2.05) is 0 Å². The fraction of sp³-hybridized carbons (Fsp3) is 0.638. The maximum atomic E-state index is 12.8. The topological polar surface area (TPSA) is 78.9 Å². The minimum absolute atomic E-state index is 0.118. The van der Waals surface area contributed by atoms with Crippen molar-refractivity contribution in [3.8, 4) is 0 Å². The molecule has 0 radical (unpaired) electrons. The van der Waals surface area contributed by atoms with Gasteiger partial charge >= 0.3 is 17.9 Å². The largest absolute Gasteiger partial charge is 0.462 e. The SMILES string of the molecule is CC/C=C\C/C=C\C/C=C\C/C=C\C/C=C\CCCC(=O)OC[C@@H](COC(=O)CCCCCCCCCCCCCC)OC(=O)CCC/C=C\C/C=C\C/C=C\C/C=C\CCCCC. The fourth-order valence-corrected chi connectivity index (χ4v) is 6.65. The number of esters is 3. The standard InChI is InChI=1S/C58H94O6/c1-4-7-10-13-16-19-22-25-27-29-31-33-36-39-42-45-48-51-57(60)63-54-55(53-62-56(59)50-47-44-41-38-35-24-21-18-15-12-9-6-3)64-58(61)52-49-46-43-40-37-34-32-30-28-26-23-20-17-14-11-8-5-2/h7,10,16-17,19-20,25-28,31-34,39-40,42-43,55H,4-6,8-9,11-15,18,21-24,29-30,35-38,41,44-54H2,1-3H3/b10-7-,19-16-,20-17-,27-25-,28-26-,33-31-,34-32-,42-39-,43-40-/t55-/m1/s1. The summed E-state index contributed by atoms with van der Waals surface area (Å²) in [5.41, 5.74) is 0. The number of hydrogen-bond acceptors (Lipinski definition) is 6. The molecule has 6 heteroatoms. The summed E-state index contributed by atoms with van der Waals surface area (Å²) in [4.78, 5) is 37.9. The maximum Gasteiger partial charge on any atom is 0.306 e. The van der Waals surface area contributed by atoms with Crippen LogP contribution in [0, 0.1) is 0 Å². The van der Waals surface area contributed by atoms with Gasteiger partial charge in [-0.05, 0) is 96.3 Å². The van der Waals surface area contributed by atoms with Crippen molar-refractivity contribution in [2.24, 2.45) is 0 Å². The molecule has 0 bridgehead atoms. The first-order valence-electron chi connectivity index (χ1n) is 25.9. The quantitative estimate of drug-likeness (QED) is 0.0262. The number of unbranched alkanes of at least 4 members (excludes halogenated alkanes) is 16. The summed E-state index contributed by atoms with van der Waals surface area (Å²) in [7, 11) is 0. The van der Waals surface area contributed by atoms with Crippen LogP contribution in [-0.2, 0) is 28.6 Å². The van der Waals surface area contributed by atoms with Crippen molar-refractivity contribution in [3.63, 3.8) is 0 Å². The highest BCUT2D eigenvalue weighted by Gasteiger charge is 2.19. The van der Waals surface area contributed by atoms with Crippen molar-refractivity contribution in [2.45, 2.75) is 226 Å². The second kappa shape index (κ2) is 51.7. The zero-order valence-corrected chi connectivity index (χ0v) is 41.3. The fourth-order valence-electron chi connectivity index (χ4n) is 6.65. The Labute approximate surface area is 393 Å². The second-order valence-electron chi connectivity index (χ2n) is 16.7.